The van der Waals surface area contributed by atoms with Gasteiger partial charge in [-0.15, -0.1) is 0 Å². The van der Waals surface area contributed by atoms with E-state index in [1.807, 2.05) is 26.0 Å². The van der Waals surface area contributed by atoms with E-state index >= 15 is 0 Å². The summed E-state index contributed by atoms with van der Waals surface area (Å²) in [6.45, 7) is 7.99. The topological polar surface area (TPSA) is 44.8 Å². The van der Waals surface area contributed by atoms with Crippen molar-refractivity contribution in [3.8, 4) is 11.5 Å². The highest BCUT2D eigenvalue weighted by atomic mass is 16.7. The van der Waals surface area contributed by atoms with Gasteiger partial charge in [-0.05, 0) is 55.8 Å². The maximum Gasteiger partial charge on any atom is 0.343 e. The zero-order valence-electron chi connectivity index (χ0n) is 13.3. The highest BCUT2D eigenvalue weighted by Crippen LogP contribution is 2.20. The fourth-order valence-electron chi connectivity index (χ4n) is 1.97. The first-order chi connectivity index (χ1) is 11.1. The molecule has 0 bridgehead atoms. The Hall–Kier alpha value is -2.59. The van der Waals surface area contributed by atoms with Gasteiger partial charge in [0, 0.05) is 6.61 Å². The molecule has 0 aliphatic carbocycles. The summed E-state index contributed by atoms with van der Waals surface area (Å²) >= 11 is 0. The molecular formula is C19H20O4. The minimum atomic E-state index is -0.406. The van der Waals surface area contributed by atoms with Crippen molar-refractivity contribution in [2.24, 2.45) is 0 Å². The lowest BCUT2D eigenvalue weighted by molar-refractivity contribution is -0.0613. The molecule has 0 saturated heterocycles. The SMILES string of the molecule is C=Cc1ccc(C(=O)Oc2ccc(OC(C)OCC)cc2)cc1. The first-order valence-corrected chi connectivity index (χ1v) is 7.45. The quantitative estimate of drug-likeness (QED) is 0.434. The molecule has 2 rings (SSSR count). The van der Waals surface area contributed by atoms with E-state index in [0.717, 1.165) is 5.56 Å². The molecule has 1 atom stereocenters. The lowest BCUT2D eigenvalue weighted by Crippen LogP contribution is -2.15. The highest BCUT2D eigenvalue weighted by molar-refractivity contribution is 5.91. The van der Waals surface area contributed by atoms with E-state index in [0.29, 0.717) is 23.7 Å². The number of rotatable bonds is 7. The van der Waals surface area contributed by atoms with Crippen LogP contribution in [-0.4, -0.2) is 18.9 Å². The average Bonchev–Trinajstić information content (AvgIpc) is 2.57. The first-order valence-electron chi connectivity index (χ1n) is 7.45. The molecule has 1 unspecified atom stereocenters. The Morgan fingerprint density at radius 1 is 1.09 bits per heavy atom. The van der Waals surface area contributed by atoms with Crippen molar-refractivity contribution in [2.75, 3.05) is 6.61 Å². The van der Waals surface area contributed by atoms with Gasteiger partial charge in [-0.25, -0.2) is 4.79 Å². The Kier molecular flexibility index (Phi) is 5.94. The zero-order chi connectivity index (χ0) is 16.7. The first kappa shape index (κ1) is 16.8. The summed E-state index contributed by atoms with van der Waals surface area (Å²) in [5.41, 5.74) is 1.44. The lowest BCUT2D eigenvalue weighted by Gasteiger charge is -2.14. The number of esters is 1. The van der Waals surface area contributed by atoms with Crippen molar-refractivity contribution in [1.82, 2.24) is 0 Å². The molecule has 4 heteroatoms. The molecule has 0 heterocycles. The Bertz CT molecular complexity index is 644. The molecule has 120 valence electrons. The van der Waals surface area contributed by atoms with Crippen LogP contribution in [-0.2, 0) is 4.74 Å². The molecule has 0 N–H and O–H groups in total. The van der Waals surface area contributed by atoms with Crippen molar-refractivity contribution in [3.05, 3.63) is 66.2 Å². The minimum absolute atomic E-state index is 0.322. The molecular weight excluding hydrogens is 292 g/mol. The molecule has 0 spiro atoms. The molecule has 2 aromatic rings. The number of benzene rings is 2. The minimum Gasteiger partial charge on any atom is -0.465 e. The number of ether oxygens (including phenoxy) is 3. The van der Waals surface area contributed by atoms with Crippen LogP contribution >= 0.6 is 0 Å². The van der Waals surface area contributed by atoms with E-state index in [9.17, 15) is 4.79 Å². The summed E-state index contributed by atoms with van der Waals surface area (Å²) in [5.74, 6) is 0.706. The second kappa shape index (κ2) is 8.15. The predicted octanol–water partition coefficient (Wildman–Crippen LogP) is 4.31. The van der Waals surface area contributed by atoms with Crippen LogP contribution in [0.1, 0.15) is 29.8 Å². The summed E-state index contributed by atoms with van der Waals surface area (Å²) in [7, 11) is 0. The Labute approximate surface area is 136 Å². The summed E-state index contributed by atoms with van der Waals surface area (Å²) in [6.07, 6.45) is 1.40. The van der Waals surface area contributed by atoms with E-state index in [1.165, 1.54) is 0 Å². The van der Waals surface area contributed by atoms with E-state index in [1.54, 1.807) is 42.5 Å². The molecule has 23 heavy (non-hydrogen) atoms. The molecule has 0 amide bonds. The van der Waals surface area contributed by atoms with Crippen LogP contribution in [0.2, 0.25) is 0 Å². The largest absolute Gasteiger partial charge is 0.465 e. The number of hydrogen-bond donors (Lipinski definition) is 0. The van der Waals surface area contributed by atoms with Crippen molar-refractivity contribution >= 4 is 12.0 Å². The van der Waals surface area contributed by atoms with Gasteiger partial charge in [0.1, 0.15) is 11.5 Å². The van der Waals surface area contributed by atoms with Crippen LogP contribution in [0.15, 0.2) is 55.1 Å². The normalized spacial score (nSPS) is 11.6. The molecule has 0 aliphatic heterocycles. The number of carbonyl (C=O) groups is 1. The van der Waals surface area contributed by atoms with Gasteiger partial charge in [0.25, 0.3) is 0 Å². The number of carbonyl (C=O) groups excluding carboxylic acids is 1. The maximum atomic E-state index is 12.1. The maximum absolute atomic E-state index is 12.1. The van der Waals surface area contributed by atoms with Crippen LogP contribution < -0.4 is 9.47 Å². The predicted molar refractivity (Wildman–Crippen MR) is 89.6 cm³/mol. The molecule has 4 nitrogen and oxygen atoms in total. The standard InChI is InChI=1S/C19H20O4/c1-4-15-6-8-16(9-7-15)19(20)23-18-12-10-17(11-13-18)22-14(3)21-5-2/h4,6-14H,1,5H2,2-3H3. The summed E-state index contributed by atoms with van der Waals surface area (Å²) in [6, 6.07) is 13.9. The average molecular weight is 312 g/mol. The smallest absolute Gasteiger partial charge is 0.343 e. The van der Waals surface area contributed by atoms with Crippen LogP contribution in [0.3, 0.4) is 0 Å². The Balaban J connectivity index is 1.96. The molecule has 2 aromatic carbocycles. The molecule has 0 radical (unpaired) electrons. The Morgan fingerprint density at radius 3 is 2.26 bits per heavy atom. The van der Waals surface area contributed by atoms with Crippen LogP contribution in [0.4, 0.5) is 0 Å². The zero-order valence-corrected chi connectivity index (χ0v) is 13.3. The van der Waals surface area contributed by atoms with Crippen molar-refractivity contribution < 1.29 is 19.0 Å². The van der Waals surface area contributed by atoms with Gasteiger partial charge in [0.2, 0.25) is 0 Å². The van der Waals surface area contributed by atoms with Gasteiger partial charge in [-0.3, -0.25) is 0 Å². The van der Waals surface area contributed by atoms with Crippen LogP contribution in [0.5, 0.6) is 11.5 Å². The second-order valence-corrected chi connectivity index (χ2v) is 4.83. The highest BCUT2D eigenvalue weighted by Gasteiger charge is 2.09. The summed E-state index contributed by atoms with van der Waals surface area (Å²) < 4.78 is 16.2. The molecule has 0 fully saturated rings. The third-order valence-electron chi connectivity index (χ3n) is 3.12. The summed E-state index contributed by atoms with van der Waals surface area (Å²) in [5, 5.41) is 0. The van der Waals surface area contributed by atoms with Gasteiger partial charge < -0.3 is 14.2 Å². The van der Waals surface area contributed by atoms with Gasteiger partial charge in [-0.1, -0.05) is 24.8 Å². The fraction of sp³-hybridized carbons (Fsp3) is 0.211. The van der Waals surface area contributed by atoms with Crippen molar-refractivity contribution in [2.45, 2.75) is 20.1 Å². The van der Waals surface area contributed by atoms with Crippen LogP contribution in [0.25, 0.3) is 6.08 Å². The number of hydrogen-bond acceptors (Lipinski definition) is 4. The van der Waals surface area contributed by atoms with E-state index in [4.69, 9.17) is 14.2 Å². The second-order valence-electron chi connectivity index (χ2n) is 4.83. The van der Waals surface area contributed by atoms with Gasteiger partial charge >= 0.3 is 5.97 Å². The van der Waals surface area contributed by atoms with E-state index in [2.05, 4.69) is 6.58 Å². The third-order valence-corrected chi connectivity index (χ3v) is 3.12. The lowest BCUT2D eigenvalue weighted by atomic mass is 10.1. The van der Waals surface area contributed by atoms with Gasteiger partial charge in [0.05, 0.1) is 5.56 Å². The van der Waals surface area contributed by atoms with E-state index < -0.39 is 5.97 Å². The Morgan fingerprint density at radius 2 is 1.70 bits per heavy atom. The van der Waals surface area contributed by atoms with Crippen LogP contribution in [0, 0.1) is 0 Å². The van der Waals surface area contributed by atoms with Gasteiger partial charge in [-0.2, -0.15) is 0 Å². The molecule has 0 aromatic heterocycles. The summed E-state index contributed by atoms with van der Waals surface area (Å²) in [4.78, 5) is 12.1. The fourth-order valence-corrected chi connectivity index (χ4v) is 1.97. The molecule has 0 saturated carbocycles. The van der Waals surface area contributed by atoms with Crippen molar-refractivity contribution in [3.63, 3.8) is 0 Å². The molecule has 0 aliphatic rings. The third kappa shape index (κ3) is 4.97. The van der Waals surface area contributed by atoms with Crippen molar-refractivity contribution in [1.29, 1.82) is 0 Å². The van der Waals surface area contributed by atoms with E-state index in [-0.39, 0.29) is 6.29 Å². The van der Waals surface area contributed by atoms with Gasteiger partial charge in [0.15, 0.2) is 6.29 Å². The monoisotopic (exact) mass is 312 g/mol.